The number of nitrogens with one attached hydrogen (secondary N) is 1. The molecule has 1 N–H and O–H groups in total. The fourth-order valence-corrected chi connectivity index (χ4v) is 2.89. The molecule has 0 aliphatic heterocycles. The van der Waals surface area contributed by atoms with E-state index in [1.165, 1.54) is 12.8 Å². The SMILES string of the molecule is Cc1cc2ccccc2n1CC(=O)NOC1CCCC1. The first kappa shape index (κ1) is 13.2. The van der Waals surface area contributed by atoms with Gasteiger partial charge in [-0.3, -0.25) is 9.63 Å². The monoisotopic (exact) mass is 272 g/mol. The molecule has 1 aromatic carbocycles. The topological polar surface area (TPSA) is 43.3 Å². The van der Waals surface area contributed by atoms with Gasteiger partial charge in [-0.1, -0.05) is 31.0 Å². The summed E-state index contributed by atoms with van der Waals surface area (Å²) in [6, 6.07) is 10.2. The van der Waals surface area contributed by atoms with Crippen LogP contribution >= 0.6 is 0 Å². The van der Waals surface area contributed by atoms with Crippen LogP contribution in [-0.2, 0) is 16.2 Å². The van der Waals surface area contributed by atoms with E-state index >= 15 is 0 Å². The molecule has 0 spiro atoms. The highest BCUT2D eigenvalue weighted by Gasteiger charge is 2.17. The number of nitrogens with zero attached hydrogens (tertiary/aromatic N) is 1. The van der Waals surface area contributed by atoms with Crippen LogP contribution in [-0.4, -0.2) is 16.6 Å². The van der Waals surface area contributed by atoms with Crippen molar-refractivity contribution in [2.24, 2.45) is 0 Å². The number of carbonyl (C=O) groups is 1. The highest BCUT2D eigenvalue weighted by Crippen LogP contribution is 2.20. The van der Waals surface area contributed by atoms with Crippen molar-refractivity contribution >= 4 is 16.8 Å². The summed E-state index contributed by atoms with van der Waals surface area (Å²) < 4.78 is 2.02. The molecular formula is C16H20N2O2. The molecule has 20 heavy (non-hydrogen) atoms. The predicted octanol–water partition coefficient (Wildman–Crippen LogP) is 2.94. The first-order valence-electron chi connectivity index (χ1n) is 7.23. The molecule has 0 atom stereocenters. The van der Waals surface area contributed by atoms with Crippen molar-refractivity contribution in [1.29, 1.82) is 0 Å². The smallest absolute Gasteiger partial charge is 0.263 e. The summed E-state index contributed by atoms with van der Waals surface area (Å²) in [5.41, 5.74) is 4.76. The minimum absolute atomic E-state index is 0.0960. The molecule has 0 radical (unpaired) electrons. The van der Waals surface area contributed by atoms with Gasteiger partial charge in [0.1, 0.15) is 6.54 Å². The van der Waals surface area contributed by atoms with Crippen molar-refractivity contribution in [3.05, 3.63) is 36.0 Å². The van der Waals surface area contributed by atoms with E-state index < -0.39 is 0 Å². The molecule has 1 aliphatic carbocycles. The lowest BCUT2D eigenvalue weighted by atomic mass is 10.2. The van der Waals surface area contributed by atoms with Gasteiger partial charge in [0.05, 0.1) is 6.10 Å². The van der Waals surface area contributed by atoms with Crippen molar-refractivity contribution in [1.82, 2.24) is 10.0 Å². The third kappa shape index (κ3) is 2.70. The summed E-state index contributed by atoms with van der Waals surface area (Å²) in [7, 11) is 0. The zero-order chi connectivity index (χ0) is 13.9. The second-order valence-electron chi connectivity index (χ2n) is 5.48. The maximum Gasteiger partial charge on any atom is 0.263 e. The Morgan fingerprint density at radius 2 is 2.10 bits per heavy atom. The largest absolute Gasteiger partial charge is 0.335 e. The van der Waals surface area contributed by atoms with Crippen LogP contribution in [0.15, 0.2) is 30.3 Å². The van der Waals surface area contributed by atoms with Gasteiger partial charge >= 0.3 is 0 Å². The Morgan fingerprint density at radius 3 is 2.90 bits per heavy atom. The van der Waals surface area contributed by atoms with Crippen molar-refractivity contribution in [3.63, 3.8) is 0 Å². The Kier molecular flexibility index (Phi) is 3.74. The zero-order valence-electron chi connectivity index (χ0n) is 11.8. The molecule has 0 saturated heterocycles. The molecule has 106 valence electrons. The molecule has 1 fully saturated rings. The number of aryl methyl sites for hydroxylation is 1. The van der Waals surface area contributed by atoms with Crippen LogP contribution in [0.5, 0.6) is 0 Å². The number of carbonyl (C=O) groups excluding carboxylic acids is 1. The first-order valence-corrected chi connectivity index (χ1v) is 7.23. The molecule has 1 amide bonds. The van der Waals surface area contributed by atoms with E-state index in [1.54, 1.807) is 0 Å². The number of fused-ring (bicyclic) bond motifs is 1. The number of hydroxylamine groups is 1. The predicted molar refractivity (Wildman–Crippen MR) is 78.2 cm³/mol. The number of amides is 1. The van der Waals surface area contributed by atoms with Crippen LogP contribution in [0, 0.1) is 6.92 Å². The average Bonchev–Trinajstić information content (AvgIpc) is 3.06. The number of hydrogen-bond donors (Lipinski definition) is 1. The zero-order valence-corrected chi connectivity index (χ0v) is 11.8. The summed E-state index contributed by atoms with van der Waals surface area (Å²) in [6.45, 7) is 2.32. The number of rotatable bonds is 4. The number of hydrogen-bond acceptors (Lipinski definition) is 2. The van der Waals surface area contributed by atoms with E-state index in [0.29, 0.717) is 6.54 Å². The molecule has 0 bridgehead atoms. The first-order chi connectivity index (χ1) is 9.74. The van der Waals surface area contributed by atoms with Crippen molar-refractivity contribution in [3.8, 4) is 0 Å². The summed E-state index contributed by atoms with van der Waals surface area (Å²) in [5.74, 6) is -0.0960. The van der Waals surface area contributed by atoms with Crippen LogP contribution < -0.4 is 5.48 Å². The van der Waals surface area contributed by atoms with E-state index in [1.807, 2.05) is 29.7 Å². The van der Waals surface area contributed by atoms with Gasteiger partial charge in [0.15, 0.2) is 0 Å². The third-order valence-corrected chi connectivity index (χ3v) is 3.96. The molecule has 4 heteroatoms. The highest BCUT2D eigenvalue weighted by atomic mass is 16.7. The van der Waals surface area contributed by atoms with Gasteiger partial charge in [-0.2, -0.15) is 0 Å². The van der Waals surface area contributed by atoms with Gasteiger partial charge in [0.25, 0.3) is 5.91 Å². The van der Waals surface area contributed by atoms with Crippen molar-refractivity contribution in [2.45, 2.75) is 45.3 Å². The van der Waals surface area contributed by atoms with Gasteiger partial charge < -0.3 is 4.57 Å². The van der Waals surface area contributed by atoms with Crippen LogP contribution in [0.1, 0.15) is 31.4 Å². The number of para-hydroxylation sites is 1. The highest BCUT2D eigenvalue weighted by molar-refractivity contribution is 5.84. The minimum Gasteiger partial charge on any atom is -0.335 e. The van der Waals surface area contributed by atoms with Gasteiger partial charge in [-0.25, -0.2) is 5.48 Å². The summed E-state index contributed by atoms with van der Waals surface area (Å²) >= 11 is 0. The average molecular weight is 272 g/mol. The number of aromatic nitrogens is 1. The maximum absolute atomic E-state index is 12.0. The quantitative estimate of drug-likeness (QED) is 0.870. The van der Waals surface area contributed by atoms with Crippen LogP contribution in [0.3, 0.4) is 0 Å². The maximum atomic E-state index is 12.0. The molecule has 4 nitrogen and oxygen atoms in total. The second-order valence-corrected chi connectivity index (χ2v) is 5.48. The molecule has 1 heterocycles. The Bertz CT molecular complexity index is 612. The minimum atomic E-state index is -0.0960. The molecule has 3 rings (SSSR count). The lowest BCUT2D eigenvalue weighted by Gasteiger charge is -2.13. The van der Waals surface area contributed by atoms with Gasteiger partial charge in [-0.05, 0) is 37.3 Å². The second kappa shape index (κ2) is 5.67. The molecule has 1 aromatic heterocycles. The molecule has 0 unspecified atom stereocenters. The number of benzene rings is 1. The van der Waals surface area contributed by atoms with E-state index in [0.717, 1.165) is 29.4 Å². The van der Waals surface area contributed by atoms with Crippen molar-refractivity contribution in [2.75, 3.05) is 0 Å². The molecule has 1 saturated carbocycles. The van der Waals surface area contributed by atoms with Crippen molar-refractivity contribution < 1.29 is 9.63 Å². The van der Waals surface area contributed by atoms with Gasteiger partial charge in [0, 0.05) is 11.2 Å². The van der Waals surface area contributed by atoms with Crippen LogP contribution in [0.25, 0.3) is 10.9 Å². The fraction of sp³-hybridized carbons (Fsp3) is 0.438. The third-order valence-electron chi connectivity index (χ3n) is 3.96. The molecule has 1 aliphatic rings. The molecule has 2 aromatic rings. The van der Waals surface area contributed by atoms with Crippen LogP contribution in [0.2, 0.25) is 0 Å². The van der Waals surface area contributed by atoms with Crippen LogP contribution in [0.4, 0.5) is 0 Å². The normalized spacial score (nSPS) is 15.8. The standard InChI is InChI=1S/C16H20N2O2/c1-12-10-13-6-2-5-9-15(13)18(12)11-16(19)17-20-14-7-3-4-8-14/h2,5-6,9-10,14H,3-4,7-8,11H2,1H3,(H,17,19). The van der Waals surface area contributed by atoms with Gasteiger partial charge in [0.2, 0.25) is 0 Å². The Balaban J connectivity index is 1.66. The fourth-order valence-electron chi connectivity index (χ4n) is 2.89. The lowest BCUT2D eigenvalue weighted by molar-refractivity contribution is -0.138. The summed E-state index contributed by atoms with van der Waals surface area (Å²) in [4.78, 5) is 17.5. The van der Waals surface area contributed by atoms with Gasteiger partial charge in [-0.15, -0.1) is 0 Å². The summed E-state index contributed by atoms with van der Waals surface area (Å²) in [5, 5.41) is 1.16. The summed E-state index contributed by atoms with van der Waals surface area (Å²) in [6.07, 6.45) is 4.68. The Hall–Kier alpha value is -1.81. The van der Waals surface area contributed by atoms with E-state index in [-0.39, 0.29) is 12.0 Å². The molecular weight excluding hydrogens is 252 g/mol. The van der Waals surface area contributed by atoms with E-state index in [2.05, 4.69) is 17.6 Å². The van der Waals surface area contributed by atoms with E-state index in [9.17, 15) is 4.79 Å². The Morgan fingerprint density at radius 1 is 1.35 bits per heavy atom. The van der Waals surface area contributed by atoms with E-state index in [4.69, 9.17) is 4.84 Å². The Labute approximate surface area is 118 Å². The lowest BCUT2D eigenvalue weighted by Crippen LogP contribution is -2.31.